The summed E-state index contributed by atoms with van der Waals surface area (Å²) in [4.78, 5) is 33.2. The van der Waals surface area contributed by atoms with E-state index in [-0.39, 0.29) is 11.2 Å². The smallest absolute Gasteiger partial charge is 0.269 e. The highest BCUT2D eigenvalue weighted by Gasteiger charge is 2.45. The van der Waals surface area contributed by atoms with Crippen molar-refractivity contribution in [3.05, 3.63) is 53.9 Å². The number of aromatic nitrogens is 5. The van der Waals surface area contributed by atoms with E-state index in [9.17, 15) is 4.79 Å². The van der Waals surface area contributed by atoms with E-state index in [1.165, 1.54) is 5.56 Å². The van der Waals surface area contributed by atoms with Crippen molar-refractivity contribution < 1.29 is 14.3 Å². The first-order valence-electron chi connectivity index (χ1n) is 12.1. The number of carbonyl (C=O) groups excluding carboxylic acids is 1. The Hall–Kier alpha value is -4.09. The van der Waals surface area contributed by atoms with Gasteiger partial charge in [-0.05, 0) is 31.5 Å². The number of carbonyl (C=O) groups is 1. The van der Waals surface area contributed by atoms with Crippen molar-refractivity contribution in [2.45, 2.75) is 24.9 Å². The third-order valence-corrected chi connectivity index (χ3v) is 7.51. The van der Waals surface area contributed by atoms with Crippen LogP contribution in [0, 0.1) is 0 Å². The molecule has 1 spiro atoms. The van der Waals surface area contributed by atoms with Gasteiger partial charge in [0, 0.05) is 39.1 Å². The summed E-state index contributed by atoms with van der Waals surface area (Å²) in [6.07, 6.45) is 6.97. The van der Waals surface area contributed by atoms with Gasteiger partial charge in [-0.3, -0.25) is 14.7 Å². The van der Waals surface area contributed by atoms with Crippen LogP contribution in [0.4, 0.5) is 11.5 Å². The molecule has 0 aliphatic carbocycles. The van der Waals surface area contributed by atoms with Crippen LogP contribution >= 0.6 is 0 Å². The van der Waals surface area contributed by atoms with Gasteiger partial charge in [0.05, 0.1) is 47.6 Å². The largest absolute Gasteiger partial charge is 0.494 e. The summed E-state index contributed by atoms with van der Waals surface area (Å²) in [7, 11) is 5.57. The average Bonchev–Trinajstić information content (AvgIpc) is 3.41. The molecular formula is C26H28N8O3. The Labute approximate surface area is 213 Å². The number of imidazole rings is 1. The number of pyridine rings is 3. The molecule has 0 atom stereocenters. The first-order valence-corrected chi connectivity index (χ1v) is 12.1. The molecule has 37 heavy (non-hydrogen) atoms. The summed E-state index contributed by atoms with van der Waals surface area (Å²) in [6, 6.07) is 5.76. The van der Waals surface area contributed by atoms with Crippen molar-refractivity contribution in [3.8, 4) is 17.0 Å². The zero-order chi connectivity index (χ0) is 25.7. The van der Waals surface area contributed by atoms with Gasteiger partial charge in [0.15, 0.2) is 5.69 Å². The normalized spacial score (nSPS) is 16.7. The number of hydrogen-bond donors (Lipinski definition) is 2. The van der Waals surface area contributed by atoms with E-state index in [0.29, 0.717) is 34.0 Å². The number of ether oxygens (including phenoxy) is 2. The third-order valence-electron chi connectivity index (χ3n) is 7.51. The number of aryl methyl sites for hydroxylation is 1. The summed E-state index contributed by atoms with van der Waals surface area (Å²) >= 11 is 0. The predicted octanol–water partition coefficient (Wildman–Crippen LogP) is 2.73. The topological polar surface area (TPSA) is 133 Å². The lowest BCUT2D eigenvalue weighted by molar-refractivity contribution is -0.0132. The van der Waals surface area contributed by atoms with Gasteiger partial charge in [0.1, 0.15) is 22.8 Å². The van der Waals surface area contributed by atoms with Crippen LogP contribution in [0.1, 0.15) is 34.6 Å². The summed E-state index contributed by atoms with van der Waals surface area (Å²) in [5.41, 5.74) is 11.1. The fraction of sp³-hybridized carbons (Fsp3) is 0.346. The van der Waals surface area contributed by atoms with Crippen LogP contribution in [0.5, 0.6) is 5.75 Å². The standard InChI is InChI=1S/C26H28N8O3/c1-33-14-29-22-15(11-28-12-19(22)33)23-20(36-3)10-17(24(32-23)25(27)35)30-21-5-4-16-18(31-21)13-34(2)26(16)6-8-37-9-7-26/h4-5,10-12,14H,6-9,13H2,1-3H3,(H2,27,35)(H,30,31). The number of nitrogens with two attached hydrogens (primary N) is 1. The van der Waals surface area contributed by atoms with Gasteiger partial charge in [-0.15, -0.1) is 0 Å². The molecule has 11 heteroatoms. The molecule has 2 aliphatic rings. The van der Waals surface area contributed by atoms with Gasteiger partial charge in [-0.2, -0.15) is 0 Å². The van der Waals surface area contributed by atoms with E-state index in [0.717, 1.165) is 43.8 Å². The summed E-state index contributed by atoms with van der Waals surface area (Å²) in [5.74, 6) is 0.382. The number of nitrogens with zero attached hydrogens (tertiary/aromatic N) is 6. The van der Waals surface area contributed by atoms with E-state index < -0.39 is 5.91 Å². The molecule has 1 fully saturated rings. The molecule has 1 saturated heterocycles. The Morgan fingerprint density at radius 2 is 2.00 bits per heavy atom. The molecule has 6 heterocycles. The van der Waals surface area contributed by atoms with Crippen LogP contribution < -0.4 is 15.8 Å². The molecule has 2 aliphatic heterocycles. The minimum Gasteiger partial charge on any atom is -0.494 e. The van der Waals surface area contributed by atoms with Crippen molar-refractivity contribution in [2.75, 3.05) is 32.7 Å². The lowest BCUT2D eigenvalue weighted by Gasteiger charge is -2.40. The molecule has 3 N–H and O–H groups in total. The average molecular weight is 501 g/mol. The van der Waals surface area contributed by atoms with Gasteiger partial charge in [0.2, 0.25) is 0 Å². The minimum atomic E-state index is -0.672. The fourth-order valence-corrected chi connectivity index (χ4v) is 5.54. The number of hydrogen-bond acceptors (Lipinski definition) is 9. The molecular weight excluding hydrogens is 472 g/mol. The Morgan fingerprint density at radius 1 is 1.19 bits per heavy atom. The predicted molar refractivity (Wildman–Crippen MR) is 138 cm³/mol. The maximum Gasteiger partial charge on any atom is 0.269 e. The Balaban J connectivity index is 1.40. The van der Waals surface area contributed by atoms with Gasteiger partial charge in [0.25, 0.3) is 5.91 Å². The van der Waals surface area contributed by atoms with Gasteiger partial charge < -0.3 is 25.1 Å². The highest BCUT2D eigenvalue weighted by molar-refractivity contribution is 6.00. The maximum absolute atomic E-state index is 12.5. The summed E-state index contributed by atoms with van der Waals surface area (Å²) in [6.45, 7) is 2.23. The van der Waals surface area contributed by atoms with E-state index in [4.69, 9.17) is 20.2 Å². The van der Waals surface area contributed by atoms with E-state index in [1.54, 1.807) is 31.9 Å². The van der Waals surface area contributed by atoms with Gasteiger partial charge in [-0.1, -0.05) is 6.07 Å². The van der Waals surface area contributed by atoms with Crippen molar-refractivity contribution in [3.63, 3.8) is 0 Å². The number of primary amides is 1. The Morgan fingerprint density at radius 3 is 2.76 bits per heavy atom. The molecule has 0 radical (unpaired) electrons. The number of rotatable bonds is 5. The van der Waals surface area contributed by atoms with Gasteiger partial charge >= 0.3 is 0 Å². The number of amides is 1. The van der Waals surface area contributed by atoms with Crippen LogP contribution in [0.15, 0.2) is 36.9 Å². The molecule has 0 unspecified atom stereocenters. The molecule has 11 nitrogen and oxygen atoms in total. The second-order valence-electron chi connectivity index (χ2n) is 9.53. The van der Waals surface area contributed by atoms with Crippen LogP contribution in [0.2, 0.25) is 0 Å². The minimum absolute atomic E-state index is 0.0373. The second kappa shape index (κ2) is 8.79. The lowest BCUT2D eigenvalue weighted by Crippen LogP contribution is -2.43. The van der Waals surface area contributed by atoms with Crippen LogP contribution in [-0.4, -0.2) is 62.7 Å². The molecule has 4 aromatic rings. The first-order chi connectivity index (χ1) is 17.9. The zero-order valence-corrected chi connectivity index (χ0v) is 21.0. The highest BCUT2D eigenvalue weighted by atomic mass is 16.5. The summed E-state index contributed by atoms with van der Waals surface area (Å²) < 4.78 is 13.2. The van der Waals surface area contributed by atoms with Crippen LogP contribution in [0.25, 0.3) is 22.3 Å². The monoisotopic (exact) mass is 500 g/mol. The quantitative estimate of drug-likeness (QED) is 0.424. The van der Waals surface area contributed by atoms with E-state index in [1.807, 2.05) is 17.7 Å². The molecule has 0 bridgehead atoms. The Kier molecular flexibility index (Phi) is 5.54. The SMILES string of the molecule is COc1cc(Nc2ccc3c(n2)CN(C)C32CCOCC2)c(C(N)=O)nc1-c1cncc2c1ncn2C. The second-order valence-corrected chi connectivity index (χ2v) is 9.53. The maximum atomic E-state index is 12.5. The number of methoxy groups -OCH3 is 1. The van der Waals surface area contributed by atoms with Crippen molar-refractivity contribution in [2.24, 2.45) is 12.8 Å². The Bertz CT molecular complexity index is 1530. The molecule has 4 aromatic heterocycles. The van der Waals surface area contributed by atoms with E-state index >= 15 is 0 Å². The number of fused-ring (bicyclic) bond motifs is 3. The molecule has 0 saturated carbocycles. The fourth-order valence-electron chi connectivity index (χ4n) is 5.54. The first kappa shape index (κ1) is 23.3. The lowest BCUT2D eigenvalue weighted by atomic mass is 9.84. The molecule has 190 valence electrons. The van der Waals surface area contributed by atoms with Gasteiger partial charge in [-0.25, -0.2) is 15.0 Å². The molecule has 6 rings (SSSR count). The summed E-state index contributed by atoms with van der Waals surface area (Å²) in [5, 5.41) is 3.25. The zero-order valence-electron chi connectivity index (χ0n) is 21.0. The number of anilines is 2. The van der Waals surface area contributed by atoms with Crippen molar-refractivity contribution in [1.82, 2.24) is 29.4 Å². The molecule has 0 aromatic carbocycles. The van der Waals surface area contributed by atoms with Crippen LogP contribution in [-0.2, 0) is 23.9 Å². The van der Waals surface area contributed by atoms with E-state index in [2.05, 4.69) is 38.3 Å². The highest BCUT2D eigenvalue weighted by Crippen LogP contribution is 2.45. The van der Waals surface area contributed by atoms with Crippen molar-refractivity contribution >= 4 is 28.4 Å². The third kappa shape index (κ3) is 3.69. The van der Waals surface area contributed by atoms with Crippen molar-refractivity contribution in [1.29, 1.82) is 0 Å². The number of nitrogens with one attached hydrogen (secondary N) is 1. The van der Waals surface area contributed by atoms with Crippen LogP contribution in [0.3, 0.4) is 0 Å². The molecule has 1 amide bonds.